The maximum Gasteiger partial charge on any atom is 0.259 e. The average Bonchev–Trinajstić information content (AvgIpc) is 3.29. The molecule has 0 bridgehead atoms. The van der Waals surface area contributed by atoms with E-state index >= 15 is 0 Å². The number of pyridine rings is 1. The number of amides is 2. The van der Waals surface area contributed by atoms with Gasteiger partial charge in [-0.3, -0.25) is 14.6 Å². The Labute approximate surface area is 176 Å². The number of carbonyl (C=O) groups excluding carboxylic acids is 2. The summed E-state index contributed by atoms with van der Waals surface area (Å²) in [5.41, 5.74) is 8.72. The summed E-state index contributed by atoms with van der Waals surface area (Å²) >= 11 is 0. The number of nitrogens with one attached hydrogen (secondary N) is 1. The van der Waals surface area contributed by atoms with Gasteiger partial charge in [0.15, 0.2) is 0 Å². The standard InChI is InChI=1S/C20H22N4O2.2ClH/c21-20(8-1-2-9-20)19(26)23-16-5-6-17-14(12-16)7-11-24(17)18(25)15-4-3-10-22-13-15;;/h3-6,10,12-13H,1-2,7-9,11,21H2,(H,23,26);2*1H. The van der Waals surface area contributed by atoms with E-state index in [1.165, 1.54) is 0 Å². The summed E-state index contributed by atoms with van der Waals surface area (Å²) in [6.45, 7) is 0.626. The van der Waals surface area contributed by atoms with Crippen LogP contribution in [0.2, 0.25) is 0 Å². The molecule has 8 heteroatoms. The number of fused-ring (bicyclic) bond motifs is 1. The summed E-state index contributed by atoms with van der Waals surface area (Å²) < 4.78 is 0. The molecule has 2 aromatic rings. The lowest BCUT2D eigenvalue weighted by molar-refractivity contribution is -0.121. The highest BCUT2D eigenvalue weighted by Crippen LogP contribution is 2.33. The molecule has 0 radical (unpaired) electrons. The van der Waals surface area contributed by atoms with Crippen molar-refractivity contribution >= 4 is 48.0 Å². The van der Waals surface area contributed by atoms with Crippen molar-refractivity contribution in [3.05, 3.63) is 53.9 Å². The molecule has 6 nitrogen and oxygen atoms in total. The second-order valence-electron chi connectivity index (χ2n) is 7.11. The first-order valence-corrected chi connectivity index (χ1v) is 9.02. The van der Waals surface area contributed by atoms with Crippen molar-refractivity contribution in [1.29, 1.82) is 0 Å². The Morgan fingerprint density at radius 3 is 2.57 bits per heavy atom. The number of anilines is 2. The molecule has 0 saturated heterocycles. The van der Waals surface area contributed by atoms with Crippen LogP contribution in [0, 0.1) is 0 Å². The lowest BCUT2D eigenvalue weighted by Crippen LogP contribution is -2.48. The van der Waals surface area contributed by atoms with Crippen molar-refractivity contribution in [1.82, 2.24) is 4.98 Å². The number of benzene rings is 1. The minimum absolute atomic E-state index is 0. The van der Waals surface area contributed by atoms with E-state index in [-0.39, 0.29) is 36.6 Å². The molecule has 0 spiro atoms. The predicted octanol–water partition coefficient (Wildman–Crippen LogP) is 3.34. The summed E-state index contributed by atoms with van der Waals surface area (Å²) in [5.74, 6) is -0.170. The number of carbonyl (C=O) groups is 2. The highest BCUT2D eigenvalue weighted by atomic mass is 35.5. The number of rotatable bonds is 3. The third-order valence-corrected chi connectivity index (χ3v) is 5.33. The second kappa shape index (κ2) is 8.90. The fourth-order valence-corrected chi connectivity index (χ4v) is 3.82. The Bertz CT molecular complexity index is 855. The van der Waals surface area contributed by atoms with Crippen LogP contribution in [-0.2, 0) is 11.2 Å². The van der Waals surface area contributed by atoms with Gasteiger partial charge in [0, 0.05) is 30.3 Å². The molecule has 0 atom stereocenters. The fourth-order valence-electron chi connectivity index (χ4n) is 3.82. The molecule has 3 N–H and O–H groups in total. The van der Waals surface area contributed by atoms with Crippen molar-refractivity contribution in [3.8, 4) is 0 Å². The SMILES string of the molecule is Cl.Cl.NC1(C(=O)Nc2ccc3c(c2)CCN3C(=O)c2cccnc2)CCCC1. The van der Waals surface area contributed by atoms with Crippen LogP contribution in [0.25, 0.3) is 0 Å². The Morgan fingerprint density at radius 2 is 1.89 bits per heavy atom. The molecule has 1 fully saturated rings. The van der Waals surface area contributed by atoms with Gasteiger partial charge in [0.05, 0.1) is 11.1 Å². The molecule has 1 aliphatic heterocycles. The topological polar surface area (TPSA) is 88.3 Å². The van der Waals surface area contributed by atoms with Gasteiger partial charge in [-0.2, -0.15) is 0 Å². The maximum absolute atomic E-state index is 12.7. The highest BCUT2D eigenvalue weighted by Gasteiger charge is 2.37. The molecule has 28 heavy (non-hydrogen) atoms. The van der Waals surface area contributed by atoms with Gasteiger partial charge in [-0.05, 0) is 55.2 Å². The Hall–Kier alpha value is -2.15. The van der Waals surface area contributed by atoms with Crippen molar-refractivity contribution in [2.24, 2.45) is 5.73 Å². The van der Waals surface area contributed by atoms with E-state index in [1.807, 2.05) is 18.2 Å². The van der Waals surface area contributed by atoms with E-state index in [9.17, 15) is 9.59 Å². The van der Waals surface area contributed by atoms with Gasteiger partial charge in [-0.25, -0.2) is 0 Å². The van der Waals surface area contributed by atoms with Crippen molar-refractivity contribution in [2.75, 3.05) is 16.8 Å². The summed E-state index contributed by atoms with van der Waals surface area (Å²) in [5, 5.41) is 2.95. The van der Waals surface area contributed by atoms with E-state index in [1.54, 1.807) is 29.4 Å². The summed E-state index contributed by atoms with van der Waals surface area (Å²) in [4.78, 5) is 31.0. The number of halogens is 2. The normalized spacial score (nSPS) is 16.5. The van der Waals surface area contributed by atoms with Crippen molar-refractivity contribution < 1.29 is 9.59 Å². The van der Waals surface area contributed by atoms with Crippen LogP contribution < -0.4 is 16.0 Å². The first-order chi connectivity index (χ1) is 12.6. The van der Waals surface area contributed by atoms with Crippen LogP contribution in [-0.4, -0.2) is 28.9 Å². The van der Waals surface area contributed by atoms with Gasteiger partial charge in [0.2, 0.25) is 5.91 Å². The van der Waals surface area contributed by atoms with Gasteiger partial charge in [0.25, 0.3) is 5.91 Å². The second-order valence-corrected chi connectivity index (χ2v) is 7.11. The zero-order valence-electron chi connectivity index (χ0n) is 15.4. The number of aromatic nitrogens is 1. The molecule has 2 aliphatic rings. The monoisotopic (exact) mass is 422 g/mol. The third-order valence-electron chi connectivity index (χ3n) is 5.33. The summed E-state index contributed by atoms with van der Waals surface area (Å²) in [6.07, 6.45) is 7.46. The fraction of sp³-hybridized carbons (Fsp3) is 0.350. The van der Waals surface area contributed by atoms with Crippen molar-refractivity contribution in [3.63, 3.8) is 0 Å². The van der Waals surface area contributed by atoms with E-state index < -0.39 is 5.54 Å². The first kappa shape index (κ1) is 22.1. The smallest absolute Gasteiger partial charge is 0.259 e. The number of nitrogens with zero attached hydrogens (tertiary/aromatic N) is 2. The maximum atomic E-state index is 12.7. The van der Waals surface area contributed by atoms with Crippen LogP contribution in [0.4, 0.5) is 11.4 Å². The number of hydrogen-bond donors (Lipinski definition) is 2. The van der Waals surface area contributed by atoms with Gasteiger partial charge >= 0.3 is 0 Å². The first-order valence-electron chi connectivity index (χ1n) is 9.02. The van der Waals surface area contributed by atoms with Crippen molar-refractivity contribution in [2.45, 2.75) is 37.6 Å². The molecule has 1 aromatic carbocycles. The van der Waals surface area contributed by atoms with Crippen LogP contribution in [0.1, 0.15) is 41.6 Å². The summed E-state index contributed by atoms with van der Waals surface area (Å²) in [7, 11) is 0. The highest BCUT2D eigenvalue weighted by molar-refractivity contribution is 6.07. The molecule has 150 valence electrons. The van der Waals surface area contributed by atoms with Gasteiger partial charge in [-0.1, -0.05) is 12.8 Å². The molecule has 1 aliphatic carbocycles. The van der Waals surface area contributed by atoms with Gasteiger partial charge in [0.1, 0.15) is 0 Å². The molecular formula is C20H24Cl2N4O2. The molecule has 1 aromatic heterocycles. The minimum Gasteiger partial charge on any atom is -0.324 e. The average molecular weight is 423 g/mol. The molecule has 4 rings (SSSR count). The van der Waals surface area contributed by atoms with E-state index in [2.05, 4.69) is 10.3 Å². The quantitative estimate of drug-likeness (QED) is 0.793. The molecule has 1 saturated carbocycles. The zero-order valence-corrected chi connectivity index (χ0v) is 17.0. The van der Waals surface area contributed by atoms with Crippen LogP contribution in [0.15, 0.2) is 42.7 Å². The Morgan fingerprint density at radius 1 is 1.14 bits per heavy atom. The van der Waals surface area contributed by atoms with E-state index in [0.29, 0.717) is 12.1 Å². The predicted molar refractivity (Wildman–Crippen MR) is 115 cm³/mol. The third kappa shape index (κ3) is 4.14. The Kier molecular flexibility index (Phi) is 7.04. The van der Waals surface area contributed by atoms with E-state index in [4.69, 9.17) is 5.73 Å². The molecular weight excluding hydrogens is 399 g/mol. The van der Waals surface area contributed by atoms with Crippen LogP contribution in [0.3, 0.4) is 0 Å². The Balaban J connectivity index is 0.00000140. The summed E-state index contributed by atoms with van der Waals surface area (Å²) in [6, 6.07) is 9.20. The van der Waals surface area contributed by atoms with Crippen LogP contribution in [0.5, 0.6) is 0 Å². The molecule has 0 unspecified atom stereocenters. The number of nitrogens with two attached hydrogens (primary N) is 1. The lowest BCUT2D eigenvalue weighted by Gasteiger charge is -2.22. The molecule has 2 heterocycles. The largest absolute Gasteiger partial charge is 0.324 e. The van der Waals surface area contributed by atoms with E-state index in [0.717, 1.165) is 49.0 Å². The van der Waals surface area contributed by atoms with Gasteiger partial charge < -0.3 is 16.0 Å². The zero-order chi connectivity index (χ0) is 18.1. The lowest BCUT2D eigenvalue weighted by atomic mass is 9.98. The minimum atomic E-state index is -0.749. The molecule has 2 amide bonds. The number of hydrogen-bond acceptors (Lipinski definition) is 4. The van der Waals surface area contributed by atoms with Gasteiger partial charge in [-0.15, -0.1) is 24.8 Å². The van der Waals surface area contributed by atoms with Crippen LogP contribution >= 0.6 is 24.8 Å².